The van der Waals surface area contributed by atoms with E-state index in [-0.39, 0.29) is 5.75 Å². The zero-order valence-electron chi connectivity index (χ0n) is 14.5. The number of hydrogen-bond donors (Lipinski definition) is 0. The second-order valence-electron chi connectivity index (χ2n) is 6.20. The molecule has 0 aromatic heterocycles. The number of rotatable bonds is 6. The molecule has 1 aromatic rings. The van der Waals surface area contributed by atoms with Crippen molar-refractivity contribution in [1.82, 2.24) is 4.90 Å². The van der Waals surface area contributed by atoms with Crippen molar-refractivity contribution in [3.05, 3.63) is 24.3 Å². The summed E-state index contributed by atoms with van der Waals surface area (Å²) in [4.78, 5) is 5.09. The molecule has 0 bridgehead atoms. The third kappa shape index (κ3) is 4.05. The summed E-state index contributed by atoms with van der Waals surface area (Å²) in [5.74, 6) is 0.128. The van der Waals surface area contributed by atoms with E-state index in [1.54, 1.807) is 26.2 Å². The van der Waals surface area contributed by atoms with Crippen LogP contribution in [0.3, 0.4) is 0 Å². The molecule has 1 heterocycles. The molecule has 0 amide bonds. The molecule has 0 spiro atoms. The van der Waals surface area contributed by atoms with Crippen molar-refractivity contribution in [2.75, 3.05) is 44.0 Å². The summed E-state index contributed by atoms with van der Waals surface area (Å²) >= 11 is 0. The Labute approximate surface area is 140 Å². The summed E-state index contributed by atoms with van der Waals surface area (Å²) in [6, 6.07) is 8.07. The van der Waals surface area contributed by atoms with E-state index >= 15 is 0 Å². The van der Waals surface area contributed by atoms with Crippen LogP contribution in [0.1, 0.15) is 20.8 Å². The van der Waals surface area contributed by atoms with E-state index in [0.717, 1.165) is 31.9 Å². The molecule has 0 saturated carbocycles. The maximum atomic E-state index is 12.4. The van der Waals surface area contributed by atoms with Gasteiger partial charge in [0.1, 0.15) is 0 Å². The van der Waals surface area contributed by atoms with Crippen molar-refractivity contribution in [3.8, 4) is 0 Å². The van der Waals surface area contributed by atoms with Gasteiger partial charge in [-0.25, -0.2) is 8.42 Å². The number of para-hydroxylation sites is 1. The van der Waals surface area contributed by atoms with Gasteiger partial charge in [-0.15, -0.1) is 0 Å². The number of piperazine rings is 1. The third-order valence-corrected chi connectivity index (χ3v) is 6.35. The number of sulfone groups is 1. The van der Waals surface area contributed by atoms with Gasteiger partial charge in [0.05, 0.1) is 22.9 Å². The summed E-state index contributed by atoms with van der Waals surface area (Å²) in [5.41, 5.74) is 0.833. The topological polar surface area (TPSA) is 49.9 Å². The maximum Gasteiger partial charge on any atom is 0.180 e. The number of nitrogens with zero attached hydrogens (tertiary/aromatic N) is 2. The normalized spacial score (nSPS) is 23.2. The molecular weight excluding hydrogens is 312 g/mol. The number of ether oxygens (including phenoxy) is 1. The lowest BCUT2D eigenvalue weighted by atomic mass is 10.1. The fraction of sp³-hybridized carbons (Fsp3) is 0.647. The highest BCUT2D eigenvalue weighted by Crippen LogP contribution is 2.29. The second kappa shape index (κ2) is 7.64. The molecule has 0 unspecified atom stereocenters. The van der Waals surface area contributed by atoms with E-state index < -0.39 is 9.84 Å². The van der Waals surface area contributed by atoms with E-state index in [1.165, 1.54) is 0 Å². The Hall–Kier alpha value is -1.11. The first-order chi connectivity index (χ1) is 10.9. The van der Waals surface area contributed by atoms with E-state index in [0.29, 0.717) is 17.0 Å². The molecule has 1 saturated heterocycles. The van der Waals surface area contributed by atoms with Gasteiger partial charge in [-0.1, -0.05) is 19.1 Å². The summed E-state index contributed by atoms with van der Waals surface area (Å²) < 4.78 is 30.0. The van der Waals surface area contributed by atoms with Crippen molar-refractivity contribution >= 4 is 15.5 Å². The summed E-state index contributed by atoms with van der Waals surface area (Å²) in [7, 11) is -1.50. The van der Waals surface area contributed by atoms with Crippen molar-refractivity contribution in [3.63, 3.8) is 0 Å². The molecule has 23 heavy (non-hydrogen) atoms. The molecule has 0 N–H and O–H groups in total. The predicted molar refractivity (Wildman–Crippen MR) is 93.9 cm³/mol. The fourth-order valence-electron chi connectivity index (χ4n) is 3.33. The minimum Gasteiger partial charge on any atom is -0.383 e. The van der Waals surface area contributed by atoms with Crippen molar-refractivity contribution < 1.29 is 13.2 Å². The van der Waals surface area contributed by atoms with Crippen LogP contribution in [0, 0.1) is 0 Å². The standard InChI is InChI=1S/C17H28N2O3S/c1-5-23(20,21)17-9-7-6-8-16(17)18-12-14(2)19(10-11-22-4)15(3)13-18/h6-9,14-15H,5,10-13H2,1-4H3/t14-,15-/m1/s1. The van der Waals surface area contributed by atoms with Gasteiger partial charge in [-0.3, -0.25) is 4.90 Å². The molecule has 0 aliphatic carbocycles. The molecule has 1 aliphatic rings. The van der Waals surface area contributed by atoms with Crippen molar-refractivity contribution in [2.45, 2.75) is 37.8 Å². The smallest absolute Gasteiger partial charge is 0.180 e. The number of anilines is 1. The highest BCUT2D eigenvalue weighted by molar-refractivity contribution is 7.91. The minimum absolute atomic E-state index is 0.128. The van der Waals surface area contributed by atoms with Gasteiger partial charge in [0, 0.05) is 38.8 Å². The van der Waals surface area contributed by atoms with Crippen LogP contribution in [-0.2, 0) is 14.6 Å². The predicted octanol–water partition coefficient (Wildman–Crippen LogP) is 2.03. The van der Waals surface area contributed by atoms with Crippen LogP contribution in [0.15, 0.2) is 29.2 Å². The first-order valence-electron chi connectivity index (χ1n) is 8.22. The maximum absolute atomic E-state index is 12.4. The first-order valence-corrected chi connectivity index (χ1v) is 9.87. The molecule has 2 atom stereocenters. The largest absolute Gasteiger partial charge is 0.383 e. The average molecular weight is 340 g/mol. The van der Waals surface area contributed by atoms with E-state index in [4.69, 9.17) is 4.74 Å². The number of benzene rings is 1. The Kier molecular flexibility index (Phi) is 6.06. The lowest BCUT2D eigenvalue weighted by Crippen LogP contribution is -2.57. The molecule has 0 radical (unpaired) electrons. The molecule has 5 nitrogen and oxygen atoms in total. The van der Waals surface area contributed by atoms with E-state index in [1.807, 2.05) is 12.1 Å². The van der Waals surface area contributed by atoms with Crippen LogP contribution in [0.2, 0.25) is 0 Å². The van der Waals surface area contributed by atoms with Crippen LogP contribution >= 0.6 is 0 Å². The summed E-state index contributed by atoms with van der Waals surface area (Å²) in [6.45, 7) is 9.34. The van der Waals surface area contributed by atoms with Gasteiger partial charge in [-0.05, 0) is 26.0 Å². The van der Waals surface area contributed by atoms with Crippen LogP contribution in [0.4, 0.5) is 5.69 Å². The summed E-state index contributed by atoms with van der Waals surface area (Å²) in [5, 5.41) is 0. The van der Waals surface area contributed by atoms with Crippen LogP contribution < -0.4 is 4.90 Å². The molecule has 1 aliphatic heterocycles. The Morgan fingerprint density at radius 2 is 1.78 bits per heavy atom. The molecule has 6 heteroatoms. The molecule has 2 rings (SSSR count). The van der Waals surface area contributed by atoms with E-state index in [2.05, 4.69) is 23.6 Å². The van der Waals surface area contributed by atoms with Crippen LogP contribution in [0.5, 0.6) is 0 Å². The SMILES string of the molecule is CCS(=O)(=O)c1ccccc1N1C[C@@H](C)N(CCOC)[C@H](C)C1. The van der Waals surface area contributed by atoms with E-state index in [9.17, 15) is 8.42 Å². The lowest BCUT2D eigenvalue weighted by Gasteiger charge is -2.45. The third-order valence-electron chi connectivity index (χ3n) is 4.58. The lowest BCUT2D eigenvalue weighted by molar-refractivity contribution is 0.0845. The molecule has 1 fully saturated rings. The van der Waals surface area contributed by atoms with Gasteiger partial charge >= 0.3 is 0 Å². The monoisotopic (exact) mass is 340 g/mol. The quantitative estimate of drug-likeness (QED) is 0.793. The van der Waals surface area contributed by atoms with Crippen LogP contribution in [0.25, 0.3) is 0 Å². The van der Waals surface area contributed by atoms with Crippen molar-refractivity contribution in [1.29, 1.82) is 0 Å². The van der Waals surface area contributed by atoms with Crippen molar-refractivity contribution in [2.24, 2.45) is 0 Å². The number of methoxy groups -OCH3 is 1. The first kappa shape index (κ1) is 18.2. The Balaban J connectivity index is 2.25. The Bertz CT molecular complexity index is 606. The molecule has 1 aromatic carbocycles. The van der Waals surface area contributed by atoms with Gasteiger partial charge in [0.15, 0.2) is 9.84 Å². The van der Waals surface area contributed by atoms with Gasteiger partial charge in [0.25, 0.3) is 0 Å². The second-order valence-corrected chi connectivity index (χ2v) is 8.45. The highest BCUT2D eigenvalue weighted by Gasteiger charge is 2.31. The summed E-state index contributed by atoms with van der Waals surface area (Å²) in [6.07, 6.45) is 0. The fourth-order valence-corrected chi connectivity index (χ4v) is 4.44. The van der Waals surface area contributed by atoms with Gasteiger partial charge in [-0.2, -0.15) is 0 Å². The molecule has 130 valence electrons. The average Bonchev–Trinajstić information content (AvgIpc) is 2.54. The molecular formula is C17H28N2O3S. The zero-order chi connectivity index (χ0) is 17.0. The van der Waals surface area contributed by atoms with Crippen LogP contribution in [-0.4, -0.2) is 64.5 Å². The minimum atomic E-state index is -3.22. The highest BCUT2D eigenvalue weighted by atomic mass is 32.2. The Morgan fingerprint density at radius 3 is 2.35 bits per heavy atom. The van der Waals surface area contributed by atoms with Gasteiger partial charge in [0.2, 0.25) is 0 Å². The zero-order valence-corrected chi connectivity index (χ0v) is 15.3. The van der Waals surface area contributed by atoms with Gasteiger partial charge < -0.3 is 9.64 Å². The Morgan fingerprint density at radius 1 is 1.17 bits per heavy atom. The number of hydrogen-bond acceptors (Lipinski definition) is 5.